The number of allylic oxidation sites excluding steroid dienone is 1. The number of ether oxygens (including phenoxy) is 5. The Kier molecular flexibility index (Phi) is 7.01. The number of esters is 1. The first kappa shape index (κ1) is 24.5. The van der Waals surface area contributed by atoms with Gasteiger partial charge in [-0.15, -0.1) is 5.10 Å². The zero-order chi connectivity index (χ0) is 25.8. The summed E-state index contributed by atoms with van der Waals surface area (Å²) in [5, 5.41) is 17.3. The van der Waals surface area contributed by atoms with Crippen molar-refractivity contribution in [3.8, 4) is 46.2 Å². The van der Waals surface area contributed by atoms with Gasteiger partial charge < -0.3 is 29.4 Å². The largest absolute Gasteiger partial charge is 0.494 e. The van der Waals surface area contributed by atoms with E-state index in [4.69, 9.17) is 29.4 Å². The molecule has 2 heterocycles. The Morgan fingerprint density at radius 1 is 1.19 bits per heavy atom. The van der Waals surface area contributed by atoms with E-state index >= 15 is 0 Å². The van der Waals surface area contributed by atoms with E-state index < -0.39 is 11.9 Å². The molecule has 0 saturated heterocycles. The third kappa shape index (κ3) is 4.51. The number of benzene rings is 2. The zero-order valence-electron chi connectivity index (χ0n) is 20.4. The van der Waals surface area contributed by atoms with E-state index in [1.54, 1.807) is 12.1 Å². The summed E-state index contributed by atoms with van der Waals surface area (Å²) in [4.78, 5) is 11.7. The highest BCUT2D eigenvalue weighted by molar-refractivity contribution is 5.74. The van der Waals surface area contributed by atoms with E-state index in [2.05, 4.69) is 16.3 Å². The predicted octanol–water partition coefficient (Wildman–Crippen LogP) is 4.03. The molecular weight excluding hydrogens is 464 g/mol. The molecule has 0 aliphatic carbocycles. The highest BCUT2D eigenvalue weighted by atomic mass is 16.6. The van der Waals surface area contributed by atoms with Crippen molar-refractivity contribution in [3.05, 3.63) is 59.0 Å². The molecule has 3 aromatic rings. The van der Waals surface area contributed by atoms with Crippen LogP contribution in [0.25, 0.3) is 11.3 Å². The number of nitrogens with zero attached hydrogens (tertiary/aromatic N) is 2. The number of nitriles is 1. The van der Waals surface area contributed by atoms with Crippen LogP contribution in [-0.2, 0) is 4.79 Å². The normalized spacial score (nSPS) is 14.4. The van der Waals surface area contributed by atoms with Gasteiger partial charge in [0.25, 0.3) is 0 Å². The lowest BCUT2D eigenvalue weighted by Gasteiger charge is -2.25. The van der Waals surface area contributed by atoms with Crippen molar-refractivity contribution in [2.24, 2.45) is 5.73 Å². The van der Waals surface area contributed by atoms with E-state index in [0.29, 0.717) is 23.4 Å². The van der Waals surface area contributed by atoms with Gasteiger partial charge in [0.2, 0.25) is 17.5 Å². The number of fused-ring (bicyclic) bond motifs is 1. The first-order valence-corrected chi connectivity index (χ1v) is 11.2. The van der Waals surface area contributed by atoms with Gasteiger partial charge in [-0.1, -0.05) is 6.92 Å². The van der Waals surface area contributed by atoms with Crippen LogP contribution in [0.4, 0.5) is 0 Å². The van der Waals surface area contributed by atoms with Gasteiger partial charge in [0.15, 0.2) is 11.5 Å². The molecule has 186 valence electrons. The topological polar surface area (TPSA) is 142 Å². The fourth-order valence-corrected chi connectivity index (χ4v) is 4.05. The molecular formula is C26H26N4O6. The second kappa shape index (κ2) is 10.3. The summed E-state index contributed by atoms with van der Waals surface area (Å²) >= 11 is 0. The molecule has 0 fully saturated rings. The Bertz CT molecular complexity index is 1330. The average Bonchev–Trinajstić information content (AvgIpc) is 3.29. The molecule has 0 amide bonds. The van der Waals surface area contributed by atoms with Crippen molar-refractivity contribution in [2.45, 2.75) is 26.2 Å². The number of carbonyl (C=O) groups excluding carboxylic acids is 1. The van der Waals surface area contributed by atoms with E-state index in [0.717, 1.165) is 17.7 Å². The van der Waals surface area contributed by atoms with Gasteiger partial charge in [-0.05, 0) is 48.4 Å². The summed E-state index contributed by atoms with van der Waals surface area (Å²) in [6, 6.07) is 13.0. The number of nitrogens with one attached hydrogen (secondary N) is 1. The van der Waals surface area contributed by atoms with Crippen molar-refractivity contribution in [2.75, 3.05) is 20.8 Å². The summed E-state index contributed by atoms with van der Waals surface area (Å²) in [5.41, 5.74) is 9.00. The molecule has 0 radical (unpaired) electrons. The Hall–Kier alpha value is -4.65. The number of hydrogen-bond donors (Lipinski definition) is 2. The van der Waals surface area contributed by atoms with Crippen molar-refractivity contribution < 1.29 is 28.5 Å². The van der Waals surface area contributed by atoms with Crippen LogP contribution in [0.5, 0.6) is 28.9 Å². The predicted molar refractivity (Wildman–Crippen MR) is 130 cm³/mol. The molecule has 0 saturated carbocycles. The van der Waals surface area contributed by atoms with Gasteiger partial charge in [0, 0.05) is 12.5 Å². The van der Waals surface area contributed by atoms with Gasteiger partial charge in [0.05, 0.1) is 38.0 Å². The molecule has 3 N–H and O–H groups in total. The van der Waals surface area contributed by atoms with Crippen LogP contribution in [0, 0.1) is 11.3 Å². The molecule has 0 spiro atoms. The summed E-state index contributed by atoms with van der Waals surface area (Å²) in [5.74, 6) is 0.388. The van der Waals surface area contributed by atoms with Crippen LogP contribution in [0.2, 0.25) is 0 Å². The van der Waals surface area contributed by atoms with E-state index in [1.807, 2.05) is 31.2 Å². The van der Waals surface area contributed by atoms with Crippen LogP contribution in [0.3, 0.4) is 0 Å². The molecule has 1 aliphatic rings. The number of carbonyl (C=O) groups is 1. The maximum atomic E-state index is 11.7. The quantitative estimate of drug-likeness (QED) is 0.353. The van der Waals surface area contributed by atoms with Crippen molar-refractivity contribution in [1.29, 1.82) is 5.26 Å². The first-order valence-electron chi connectivity index (χ1n) is 11.2. The second-order valence-corrected chi connectivity index (χ2v) is 7.96. The number of methoxy groups -OCH3 is 2. The van der Waals surface area contributed by atoms with Gasteiger partial charge in [-0.2, -0.15) is 5.26 Å². The van der Waals surface area contributed by atoms with Gasteiger partial charge in [0.1, 0.15) is 17.4 Å². The molecule has 1 aliphatic heterocycles. The maximum absolute atomic E-state index is 11.7. The van der Waals surface area contributed by atoms with Gasteiger partial charge >= 0.3 is 5.97 Å². The second-order valence-electron chi connectivity index (χ2n) is 7.96. The number of aromatic nitrogens is 2. The highest BCUT2D eigenvalue weighted by Crippen LogP contribution is 2.49. The lowest BCUT2D eigenvalue weighted by Crippen LogP contribution is -2.21. The third-order valence-electron chi connectivity index (χ3n) is 5.62. The summed E-state index contributed by atoms with van der Waals surface area (Å²) in [6.45, 7) is 3.95. The number of nitrogens with two attached hydrogens (primary N) is 1. The molecule has 1 aromatic heterocycles. The van der Waals surface area contributed by atoms with Gasteiger partial charge in [-0.3, -0.25) is 9.89 Å². The lowest BCUT2D eigenvalue weighted by atomic mass is 9.82. The average molecular weight is 491 g/mol. The summed E-state index contributed by atoms with van der Waals surface area (Å²) in [6.07, 6.45) is 0.905. The van der Waals surface area contributed by atoms with Crippen LogP contribution in [-0.4, -0.2) is 37.0 Å². The number of aromatic amines is 1. The molecule has 10 heteroatoms. The number of H-pyrrole nitrogens is 1. The number of rotatable bonds is 8. The molecule has 0 bridgehead atoms. The van der Waals surface area contributed by atoms with Crippen LogP contribution in [0.15, 0.2) is 47.9 Å². The lowest BCUT2D eigenvalue weighted by molar-refractivity contribution is -0.132. The molecule has 10 nitrogen and oxygen atoms in total. The SMILES string of the molecule is CCCOc1ccc(-c2[nH]nc3c2C(c2cc(OC)c(OC(C)=O)c(OC)c2)C(C#N)=C(N)O3)cc1. The molecule has 4 rings (SSSR count). The molecule has 1 atom stereocenters. The first-order chi connectivity index (χ1) is 17.4. The smallest absolute Gasteiger partial charge is 0.308 e. The third-order valence-corrected chi connectivity index (χ3v) is 5.62. The minimum absolute atomic E-state index is 0.0571. The van der Waals surface area contributed by atoms with Crippen LogP contribution < -0.4 is 29.4 Å². The summed E-state index contributed by atoms with van der Waals surface area (Å²) < 4.78 is 27.7. The minimum Gasteiger partial charge on any atom is -0.494 e. The minimum atomic E-state index is -0.669. The number of hydrogen-bond acceptors (Lipinski definition) is 9. The maximum Gasteiger partial charge on any atom is 0.308 e. The van der Waals surface area contributed by atoms with Crippen LogP contribution in [0.1, 0.15) is 37.3 Å². The zero-order valence-corrected chi connectivity index (χ0v) is 20.4. The van der Waals surface area contributed by atoms with Crippen molar-refractivity contribution >= 4 is 5.97 Å². The summed E-state index contributed by atoms with van der Waals surface area (Å²) in [7, 11) is 2.89. The highest BCUT2D eigenvalue weighted by Gasteiger charge is 2.37. The van der Waals surface area contributed by atoms with Gasteiger partial charge in [-0.25, -0.2) is 0 Å². The monoisotopic (exact) mass is 490 g/mol. The fraction of sp³-hybridized carbons (Fsp3) is 0.269. The Balaban J connectivity index is 1.87. The van der Waals surface area contributed by atoms with Crippen LogP contribution >= 0.6 is 0 Å². The van der Waals surface area contributed by atoms with Crippen molar-refractivity contribution in [1.82, 2.24) is 10.2 Å². The van der Waals surface area contributed by atoms with E-state index in [-0.39, 0.29) is 34.6 Å². The van der Waals surface area contributed by atoms with E-state index in [9.17, 15) is 10.1 Å². The standard InChI is InChI=1S/C26H26N4O6/c1-5-10-34-17-8-6-15(7-9-17)23-22-21(18(13-27)25(28)36-26(22)30-29-23)16-11-19(32-3)24(35-14(2)31)20(12-16)33-4/h6-9,11-12,21H,5,10,28H2,1-4H3,(H,29,30). The fourth-order valence-electron chi connectivity index (χ4n) is 4.05. The van der Waals surface area contributed by atoms with Crippen molar-refractivity contribution in [3.63, 3.8) is 0 Å². The molecule has 2 aromatic carbocycles. The Labute approximate surface area is 208 Å². The Morgan fingerprint density at radius 3 is 2.42 bits per heavy atom. The molecule has 1 unspecified atom stereocenters. The van der Waals surface area contributed by atoms with E-state index in [1.165, 1.54) is 21.1 Å². The molecule has 36 heavy (non-hydrogen) atoms. The Morgan fingerprint density at radius 2 is 1.86 bits per heavy atom.